The Balaban J connectivity index is 1.61. The number of aromatic nitrogens is 2. The second-order valence-electron chi connectivity index (χ2n) is 5.24. The van der Waals surface area contributed by atoms with E-state index < -0.39 is 0 Å². The Morgan fingerprint density at radius 3 is 2.41 bits per heavy atom. The molecule has 0 bridgehead atoms. The lowest BCUT2D eigenvalue weighted by atomic mass is 10.1. The van der Waals surface area contributed by atoms with Gasteiger partial charge in [0.25, 0.3) is 0 Å². The first-order valence-electron chi connectivity index (χ1n) is 7.24. The Morgan fingerprint density at radius 2 is 1.55 bits per heavy atom. The molecule has 0 unspecified atom stereocenters. The molecule has 0 fully saturated rings. The number of benzene rings is 3. The van der Waals surface area contributed by atoms with Crippen LogP contribution in [-0.2, 0) is 6.42 Å². The van der Waals surface area contributed by atoms with Gasteiger partial charge in [-0.15, -0.1) is 0 Å². The molecular weight excluding hydrogens is 272 g/mol. The van der Waals surface area contributed by atoms with E-state index in [-0.39, 0.29) is 0 Å². The molecule has 1 heterocycles. The van der Waals surface area contributed by atoms with Crippen molar-refractivity contribution in [2.45, 2.75) is 6.42 Å². The second-order valence-corrected chi connectivity index (χ2v) is 5.24. The third kappa shape index (κ3) is 2.49. The van der Waals surface area contributed by atoms with Gasteiger partial charge in [-0.2, -0.15) is 4.98 Å². The highest BCUT2D eigenvalue weighted by molar-refractivity contribution is 5.83. The maximum absolute atomic E-state index is 5.37. The molecule has 1 aromatic heterocycles. The molecule has 0 saturated heterocycles. The minimum absolute atomic E-state index is 0.633. The molecule has 4 aromatic rings. The van der Waals surface area contributed by atoms with E-state index in [9.17, 15) is 0 Å². The van der Waals surface area contributed by atoms with Crippen molar-refractivity contribution in [3.05, 3.63) is 84.3 Å². The Morgan fingerprint density at radius 1 is 0.773 bits per heavy atom. The van der Waals surface area contributed by atoms with E-state index in [4.69, 9.17) is 4.52 Å². The average molecular weight is 286 g/mol. The van der Waals surface area contributed by atoms with E-state index in [0.717, 1.165) is 5.56 Å². The van der Waals surface area contributed by atoms with Crippen molar-refractivity contribution in [3.63, 3.8) is 0 Å². The summed E-state index contributed by atoms with van der Waals surface area (Å²) in [6.07, 6.45) is 0.644. The van der Waals surface area contributed by atoms with Crippen LogP contribution < -0.4 is 0 Å². The summed E-state index contributed by atoms with van der Waals surface area (Å²) in [5, 5.41) is 6.52. The van der Waals surface area contributed by atoms with Crippen LogP contribution in [0.2, 0.25) is 0 Å². The molecule has 0 N–H and O–H groups in total. The van der Waals surface area contributed by atoms with Gasteiger partial charge < -0.3 is 4.52 Å². The van der Waals surface area contributed by atoms with E-state index in [1.807, 2.05) is 42.5 Å². The first-order chi connectivity index (χ1) is 10.9. The maximum atomic E-state index is 5.37. The van der Waals surface area contributed by atoms with Gasteiger partial charge in [0.2, 0.25) is 11.7 Å². The van der Waals surface area contributed by atoms with Crippen molar-refractivity contribution in [3.8, 4) is 11.4 Å². The van der Waals surface area contributed by atoms with Gasteiger partial charge >= 0.3 is 0 Å². The molecule has 4 rings (SSSR count). The molecule has 22 heavy (non-hydrogen) atoms. The molecule has 3 nitrogen and oxygen atoms in total. The highest BCUT2D eigenvalue weighted by Crippen LogP contribution is 2.19. The van der Waals surface area contributed by atoms with Crippen LogP contribution in [-0.4, -0.2) is 10.1 Å². The molecule has 0 aliphatic rings. The summed E-state index contributed by atoms with van der Waals surface area (Å²) >= 11 is 0. The Bertz CT molecular complexity index is 913. The monoisotopic (exact) mass is 286 g/mol. The first kappa shape index (κ1) is 12.8. The van der Waals surface area contributed by atoms with Crippen LogP contribution in [0.5, 0.6) is 0 Å². The summed E-state index contributed by atoms with van der Waals surface area (Å²) in [6, 6.07) is 24.6. The smallest absolute Gasteiger partial charge is 0.231 e. The SMILES string of the molecule is c1ccc(-c2noc(Cc3ccc4ccccc4c3)n2)cc1. The quantitative estimate of drug-likeness (QED) is 0.557. The topological polar surface area (TPSA) is 38.9 Å². The van der Waals surface area contributed by atoms with Gasteiger partial charge in [0.05, 0.1) is 6.42 Å². The number of fused-ring (bicyclic) bond motifs is 1. The third-order valence-corrected chi connectivity index (χ3v) is 3.67. The Hall–Kier alpha value is -2.94. The normalized spacial score (nSPS) is 10.9. The predicted octanol–water partition coefficient (Wildman–Crippen LogP) is 4.48. The van der Waals surface area contributed by atoms with E-state index >= 15 is 0 Å². The molecule has 0 spiro atoms. The summed E-state index contributed by atoms with van der Waals surface area (Å²) < 4.78 is 5.37. The molecule has 0 aliphatic carbocycles. The molecule has 0 atom stereocenters. The minimum atomic E-state index is 0.633. The highest BCUT2D eigenvalue weighted by atomic mass is 16.5. The van der Waals surface area contributed by atoms with Crippen LogP contribution >= 0.6 is 0 Å². The van der Waals surface area contributed by atoms with Gasteiger partial charge in [0.15, 0.2) is 0 Å². The summed E-state index contributed by atoms with van der Waals surface area (Å²) in [5.41, 5.74) is 2.14. The van der Waals surface area contributed by atoms with E-state index in [1.54, 1.807) is 0 Å². The summed E-state index contributed by atoms with van der Waals surface area (Å²) in [7, 11) is 0. The van der Waals surface area contributed by atoms with Gasteiger partial charge in [-0.1, -0.05) is 78.0 Å². The first-order valence-corrected chi connectivity index (χ1v) is 7.24. The van der Waals surface area contributed by atoms with Crippen molar-refractivity contribution in [1.29, 1.82) is 0 Å². The predicted molar refractivity (Wildman–Crippen MR) is 86.5 cm³/mol. The fourth-order valence-electron chi connectivity index (χ4n) is 2.55. The number of nitrogens with zero attached hydrogens (tertiary/aromatic N) is 2. The minimum Gasteiger partial charge on any atom is -0.339 e. The molecule has 3 heteroatoms. The lowest BCUT2D eigenvalue weighted by Gasteiger charge is -2.00. The molecule has 0 radical (unpaired) electrons. The van der Waals surface area contributed by atoms with Crippen molar-refractivity contribution >= 4 is 10.8 Å². The number of hydrogen-bond acceptors (Lipinski definition) is 3. The van der Waals surface area contributed by atoms with E-state index in [1.165, 1.54) is 16.3 Å². The standard InChI is InChI=1S/C19H14N2O/c1-2-7-16(8-3-1)19-20-18(22-21-19)13-14-10-11-15-6-4-5-9-17(15)12-14/h1-12H,13H2. The Kier molecular flexibility index (Phi) is 3.16. The molecule has 106 valence electrons. The van der Waals surface area contributed by atoms with Crippen molar-refractivity contribution in [2.75, 3.05) is 0 Å². The van der Waals surface area contributed by atoms with Gasteiger partial charge in [-0.3, -0.25) is 0 Å². The number of rotatable bonds is 3. The van der Waals surface area contributed by atoms with E-state index in [2.05, 4.69) is 40.5 Å². The van der Waals surface area contributed by atoms with Crippen LogP contribution in [0.15, 0.2) is 77.3 Å². The molecular formula is C19H14N2O. The zero-order valence-electron chi connectivity index (χ0n) is 11.9. The van der Waals surface area contributed by atoms with E-state index in [0.29, 0.717) is 18.1 Å². The van der Waals surface area contributed by atoms with Crippen molar-refractivity contribution in [2.24, 2.45) is 0 Å². The fraction of sp³-hybridized carbons (Fsp3) is 0.0526. The third-order valence-electron chi connectivity index (χ3n) is 3.67. The van der Waals surface area contributed by atoms with Crippen LogP contribution in [0.1, 0.15) is 11.5 Å². The van der Waals surface area contributed by atoms with Gasteiger partial charge in [0.1, 0.15) is 0 Å². The van der Waals surface area contributed by atoms with Crippen LogP contribution in [0, 0.1) is 0 Å². The lowest BCUT2D eigenvalue weighted by molar-refractivity contribution is 0.386. The maximum Gasteiger partial charge on any atom is 0.231 e. The summed E-state index contributed by atoms with van der Waals surface area (Å²) in [4.78, 5) is 4.48. The largest absolute Gasteiger partial charge is 0.339 e. The van der Waals surface area contributed by atoms with Gasteiger partial charge in [0, 0.05) is 5.56 Å². The van der Waals surface area contributed by atoms with Crippen LogP contribution in [0.4, 0.5) is 0 Å². The lowest BCUT2D eigenvalue weighted by Crippen LogP contribution is -1.89. The zero-order valence-corrected chi connectivity index (χ0v) is 11.9. The van der Waals surface area contributed by atoms with Crippen LogP contribution in [0.3, 0.4) is 0 Å². The molecule has 0 amide bonds. The van der Waals surface area contributed by atoms with Gasteiger partial charge in [-0.05, 0) is 16.3 Å². The molecule has 0 saturated carbocycles. The second kappa shape index (κ2) is 5.45. The molecule has 0 aliphatic heterocycles. The highest BCUT2D eigenvalue weighted by Gasteiger charge is 2.09. The van der Waals surface area contributed by atoms with Crippen molar-refractivity contribution < 1.29 is 4.52 Å². The summed E-state index contributed by atoms with van der Waals surface area (Å²) in [6.45, 7) is 0. The summed E-state index contributed by atoms with van der Waals surface area (Å²) in [5.74, 6) is 1.27. The van der Waals surface area contributed by atoms with Crippen molar-refractivity contribution in [1.82, 2.24) is 10.1 Å². The zero-order chi connectivity index (χ0) is 14.8. The van der Waals surface area contributed by atoms with Crippen LogP contribution in [0.25, 0.3) is 22.2 Å². The number of hydrogen-bond donors (Lipinski definition) is 0. The molecule has 3 aromatic carbocycles. The average Bonchev–Trinajstić information content (AvgIpc) is 3.04. The Labute approximate surface area is 128 Å². The van der Waals surface area contributed by atoms with Gasteiger partial charge in [-0.25, -0.2) is 0 Å². The fourth-order valence-corrected chi connectivity index (χ4v) is 2.55.